The Kier molecular flexibility index (Phi) is 6.45. The lowest BCUT2D eigenvalue weighted by molar-refractivity contribution is -0.123. The minimum absolute atomic E-state index is 0.00140. The number of aryl methyl sites for hydroxylation is 1. The second-order valence-electron chi connectivity index (χ2n) is 7.20. The molecule has 3 rings (SSSR count). The van der Waals surface area contributed by atoms with Gasteiger partial charge in [0.1, 0.15) is 12.4 Å². The Morgan fingerprint density at radius 2 is 2.15 bits per heavy atom. The molecule has 2 aromatic rings. The molecule has 1 aliphatic heterocycles. The van der Waals surface area contributed by atoms with Crippen LogP contribution in [0.3, 0.4) is 0 Å². The Hall–Kier alpha value is -2.41. The van der Waals surface area contributed by atoms with Crippen LogP contribution in [0.4, 0.5) is 0 Å². The Bertz CT molecular complexity index is 801. The van der Waals surface area contributed by atoms with E-state index in [1.165, 1.54) is 0 Å². The van der Waals surface area contributed by atoms with Crippen molar-refractivity contribution >= 4 is 22.8 Å². The van der Waals surface area contributed by atoms with Crippen LogP contribution in [0.15, 0.2) is 24.3 Å². The van der Waals surface area contributed by atoms with Crippen LogP contribution in [0, 0.1) is 5.92 Å². The molecule has 7 heteroatoms. The van der Waals surface area contributed by atoms with Gasteiger partial charge in [0, 0.05) is 19.5 Å². The molecule has 27 heavy (non-hydrogen) atoms. The predicted molar refractivity (Wildman–Crippen MR) is 105 cm³/mol. The third-order valence-corrected chi connectivity index (χ3v) is 5.23. The topological polar surface area (TPSA) is 93.2 Å². The molecule has 1 fully saturated rings. The van der Waals surface area contributed by atoms with Gasteiger partial charge >= 0.3 is 0 Å². The van der Waals surface area contributed by atoms with E-state index in [1.807, 2.05) is 35.8 Å². The molecular weight excluding hydrogens is 342 g/mol. The first kappa shape index (κ1) is 19.4. The van der Waals surface area contributed by atoms with E-state index < -0.39 is 0 Å². The largest absolute Gasteiger partial charge is 0.369 e. The zero-order valence-corrected chi connectivity index (χ0v) is 16.0. The summed E-state index contributed by atoms with van der Waals surface area (Å²) in [5.41, 5.74) is 7.34. The van der Waals surface area contributed by atoms with Crippen LogP contribution in [-0.2, 0) is 22.6 Å². The molecular formula is C20H29N5O2. The van der Waals surface area contributed by atoms with E-state index >= 15 is 0 Å². The number of primary amides is 1. The van der Waals surface area contributed by atoms with Crippen LogP contribution in [0.25, 0.3) is 11.0 Å². The molecule has 1 aromatic heterocycles. The van der Waals surface area contributed by atoms with Crippen LogP contribution in [0.2, 0.25) is 0 Å². The summed E-state index contributed by atoms with van der Waals surface area (Å²) in [6.45, 7) is 5.58. The van der Waals surface area contributed by atoms with Gasteiger partial charge in [-0.05, 0) is 44.5 Å². The van der Waals surface area contributed by atoms with E-state index in [0.29, 0.717) is 6.54 Å². The average molecular weight is 371 g/mol. The lowest BCUT2D eigenvalue weighted by atomic mass is 9.97. The number of likely N-dealkylation sites (tertiary alicyclic amines) is 1. The van der Waals surface area contributed by atoms with Gasteiger partial charge in [-0.1, -0.05) is 19.1 Å². The van der Waals surface area contributed by atoms with Crippen LogP contribution >= 0.6 is 0 Å². The summed E-state index contributed by atoms with van der Waals surface area (Å²) >= 11 is 0. The molecule has 3 N–H and O–H groups in total. The maximum Gasteiger partial charge on any atom is 0.240 e. The van der Waals surface area contributed by atoms with Crippen molar-refractivity contribution in [2.24, 2.45) is 11.7 Å². The Labute approximate surface area is 159 Å². The maximum atomic E-state index is 12.4. The number of aromatic nitrogens is 2. The smallest absolute Gasteiger partial charge is 0.240 e. The van der Waals surface area contributed by atoms with Crippen LogP contribution in [0.5, 0.6) is 0 Å². The standard InChI is InChI=1S/C20H29N5O2/c1-2-18-23-16-8-3-4-9-17(16)25(18)14-19(26)22-10-6-12-24-11-5-7-15(13-24)20(21)27/h3-4,8-9,15H,2,5-7,10-14H2,1H3,(H2,21,27)(H,22,26). The highest BCUT2D eigenvalue weighted by molar-refractivity contribution is 5.81. The van der Waals surface area contributed by atoms with Crippen molar-refractivity contribution in [2.75, 3.05) is 26.2 Å². The van der Waals surface area contributed by atoms with Gasteiger partial charge in [0.2, 0.25) is 11.8 Å². The van der Waals surface area contributed by atoms with Crippen molar-refractivity contribution in [2.45, 2.75) is 39.2 Å². The SMILES string of the molecule is CCc1nc2ccccc2n1CC(=O)NCCCN1CCCC(C(N)=O)C1. The fourth-order valence-corrected chi connectivity index (χ4v) is 3.79. The van der Waals surface area contributed by atoms with Gasteiger partial charge in [-0.15, -0.1) is 0 Å². The molecule has 0 spiro atoms. The van der Waals surface area contributed by atoms with E-state index in [2.05, 4.69) is 15.2 Å². The fourth-order valence-electron chi connectivity index (χ4n) is 3.79. The molecule has 146 valence electrons. The average Bonchev–Trinajstić information content (AvgIpc) is 3.03. The Morgan fingerprint density at radius 3 is 2.93 bits per heavy atom. The zero-order chi connectivity index (χ0) is 19.2. The minimum Gasteiger partial charge on any atom is -0.369 e. The predicted octanol–water partition coefficient (Wildman–Crippen LogP) is 1.30. The highest BCUT2D eigenvalue weighted by atomic mass is 16.2. The number of amides is 2. The molecule has 1 unspecified atom stereocenters. The quantitative estimate of drug-likeness (QED) is 0.684. The number of carbonyl (C=O) groups is 2. The van der Waals surface area contributed by atoms with Crippen LogP contribution in [-0.4, -0.2) is 52.4 Å². The number of imidazole rings is 1. The highest BCUT2D eigenvalue weighted by Crippen LogP contribution is 2.17. The summed E-state index contributed by atoms with van der Waals surface area (Å²) in [5, 5.41) is 3.00. The molecule has 1 aromatic carbocycles. The lowest BCUT2D eigenvalue weighted by Crippen LogP contribution is -2.42. The first-order valence-corrected chi connectivity index (χ1v) is 9.81. The molecule has 0 aliphatic carbocycles. The molecule has 2 heterocycles. The molecule has 0 saturated carbocycles. The molecule has 1 atom stereocenters. The Balaban J connectivity index is 1.46. The van der Waals surface area contributed by atoms with Crippen molar-refractivity contribution < 1.29 is 9.59 Å². The van der Waals surface area contributed by atoms with Crippen molar-refractivity contribution in [1.82, 2.24) is 19.8 Å². The fraction of sp³-hybridized carbons (Fsp3) is 0.550. The third kappa shape index (κ3) is 4.86. The number of hydrogen-bond donors (Lipinski definition) is 2. The lowest BCUT2D eigenvalue weighted by Gasteiger charge is -2.31. The van der Waals surface area contributed by atoms with Gasteiger partial charge in [0.25, 0.3) is 0 Å². The van der Waals surface area contributed by atoms with E-state index in [-0.39, 0.29) is 24.3 Å². The second kappa shape index (κ2) is 8.99. The summed E-state index contributed by atoms with van der Waals surface area (Å²) in [6.07, 6.45) is 3.55. The zero-order valence-electron chi connectivity index (χ0n) is 16.0. The molecule has 1 aliphatic rings. The molecule has 7 nitrogen and oxygen atoms in total. The number of para-hydroxylation sites is 2. The third-order valence-electron chi connectivity index (χ3n) is 5.23. The van der Waals surface area contributed by atoms with E-state index in [9.17, 15) is 9.59 Å². The molecule has 1 saturated heterocycles. The van der Waals surface area contributed by atoms with Gasteiger partial charge in [0.05, 0.1) is 17.0 Å². The number of nitrogens with two attached hydrogens (primary N) is 1. The van der Waals surface area contributed by atoms with Crippen molar-refractivity contribution in [3.8, 4) is 0 Å². The summed E-state index contributed by atoms with van der Waals surface area (Å²) in [5.74, 6) is 0.696. The molecule has 0 bridgehead atoms. The van der Waals surface area contributed by atoms with E-state index in [4.69, 9.17) is 5.73 Å². The summed E-state index contributed by atoms with van der Waals surface area (Å²) in [6, 6.07) is 7.90. The summed E-state index contributed by atoms with van der Waals surface area (Å²) in [4.78, 5) is 30.6. The molecule has 0 radical (unpaired) electrons. The van der Waals surface area contributed by atoms with Gasteiger partial charge in [-0.25, -0.2) is 4.98 Å². The van der Waals surface area contributed by atoms with Gasteiger partial charge in [-0.3, -0.25) is 9.59 Å². The molecule has 2 amide bonds. The summed E-state index contributed by atoms with van der Waals surface area (Å²) < 4.78 is 1.99. The van der Waals surface area contributed by atoms with Gasteiger partial charge < -0.3 is 20.5 Å². The normalized spacial score (nSPS) is 17.9. The second-order valence-corrected chi connectivity index (χ2v) is 7.20. The number of nitrogens with one attached hydrogen (secondary N) is 1. The number of piperidine rings is 1. The van der Waals surface area contributed by atoms with Crippen LogP contribution in [0.1, 0.15) is 32.0 Å². The number of fused-ring (bicyclic) bond motifs is 1. The number of hydrogen-bond acceptors (Lipinski definition) is 4. The number of carbonyl (C=O) groups excluding carboxylic acids is 2. The highest BCUT2D eigenvalue weighted by Gasteiger charge is 2.23. The Morgan fingerprint density at radius 1 is 1.33 bits per heavy atom. The first-order valence-electron chi connectivity index (χ1n) is 9.81. The van der Waals surface area contributed by atoms with E-state index in [1.54, 1.807) is 0 Å². The van der Waals surface area contributed by atoms with Gasteiger partial charge in [0.15, 0.2) is 0 Å². The van der Waals surface area contributed by atoms with Gasteiger partial charge in [-0.2, -0.15) is 0 Å². The van der Waals surface area contributed by atoms with Crippen molar-refractivity contribution in [3.05, 3.63) is 30.1 Å². The number of rotatable bonds is 8. The first-order chi connectivity index (χ1) is 13.1. The van der Waals surface area contributed by atoms with E-state index in [0.717, 1.165) is 62.2 Å². The van der Waals surface area contributed by atoms with Crippen molar-refractivity contribution in [1.29, 1.82) is 0 Å². The van der Waals surface area contributed by atoms with Crippen LogP contribution < -0.4 is 11.1 Å². The number of nitrogens with zero attached hydrogens (tertiary/aromatic N) is 3. The maximum absolute atomic E-state index is 12.4. The van der Waals surface area contributed by atoms with Crippen molar-refractivity contribution in [3.63, 3.8) is 0 Å². The monoisotopic (exact) mass is 371 g/mol. The summed E-state index contributed by atoms with van der Waals surface area (Å²) in [7, 11) is 0. The number of benzene rings is 1. The minimum atomic E-state index is -0.202.